The van der Waals surface area contributed by atoms with E-state index >= 15 is 0 Å². The van der Waals surface area contributed by atoms with Crippen molar-refractivity contribution in [3.63, 3.8) is 0 Å². The minimum Gasteiger partial charge on any atom is -0.489 e. The molecule has 0 aliphatic carbocycles. The van der Waals surface area contributed by atoms with Gasteiger partial charge in [-0.25, -0.2) is 0 Å². The quantitative estimate of drug-likeness (QED) is 0.666. The molecule has 0 radical (unpaired) electrons. The predicted molar refractivity (Wildman–Crippen MR) is 85.2 cm³/mol. The van der Waals surface area contributed by atoms with Gasteiger partial charge in [0.15, 0.2) is 0 Å². The molecule has 2 aliphatic rings. The number of carbonyl (C=O) groups excluding carboxylic acids is 1. The van der Waals surface area contributed by atoms with Gasteiger partial charge < -0.3 is 25.0 Å². The Morgan fingerprint density at radius 2 is 2.32 bits per heavy atom. The Morgan fingerprint density at radius 3 is 3.14 bits per heavy atom. The molecular weight excluding hydrogens is 282 g/mol. The molecule has 1 aromatic carbocycles. The van der Waals surface area contributed by atoms with Gasteiger partial charge in [-0.2, -0.15) is 0 Å². The molecule has 1 saturated heterocycles. The molecule has 6 nitrogen and oxygen atoms in total. The number of nitrogens with two attached hydrogens (primary N) is 1. The summed E-state index contributed by atoms with van der Waals surface area (Å²) in [6.07, 6.45) is 1.33. The fourth-order valence-corrected chi connectivity index (χ4v) is 3.14. The molecule has 1 atom stereocenters. The number of fused-ring (bicyclic) bond motifs is 3. The number of ether oxygens (including phenoxy) is 2. The van der Waals surface area contributed by atoms with Gasteiger partial charge in [0.05, 0.1) is 11.7 Å². The highest BCUT2D eigenvalue weighted by Crippen LogP contribution is 2.36. The van der Waals surface area contributed by atoms with Crippen molar-refractivity contribution in [2.75, 3.05) is 50.6 Å². The van der Waals surface area contributed by atoms with E-state index in [-0.39, 0.29) is 11.9 Å². The first-order valence-corrected chi connectivity index (χ1v) is 7.74. The summed E-state index contributed by atoms with van der Waals surface area (Å²) >= 11 is 0. The second-order valence-electron chi connectivity index (χ2n) is 5.82. The minimum absolute atomic E-state index is 0.208. The van der Waals surface area contributed by atoms with Crippen molar-refractivity contribution in [1.82, 2.24) is 4.90 Å². The van der Waals surface area contributed by atoms with E-state index in [9.17, 15) is 4.79 Å². The Hall–Kier alpha value is -1.95. The van der Waals surface area contributed by atoms with Crippen molar-refractivity contribution in [2.45, 2.75) is 18.9 Å². The number of carbonyl (C=O) groups is 1. The lowest BCUT2D eigenvalue weighted by Crippen LogP contribution is -2.58. The van der Waals surface area contributed by atoms with E-state index in [1.807, 2.05) is 23.1 Å². The molecule has 3 rings (SSSR count). The largest absolute Gasteiger partial charge is 0.489 e. The van der Waals surface area contributed by atoms with E-state index in [0.29, 0.717) is 25.3 Å². The van der Waals surface area contributed by atoms with Crippen LogP contribution >= 0.6 is 0 Å². The first kappa shape index (κ1) is 15.0. The molecule has 120 valence electrons. The average molecular weight is 305 g/mol. The van der Waals surface area contributed by atoms with E-state index < -0.39 is 0 Å². The summed E-state index contributed by atoms with van der Waals surface area (Å²) < 4.78 is 10.8. The van der Waals surface area contributed by atoms with Gasteiger partial charge in [-0.15, -0.1) is 0 Å². The van der Waals surface area contributed by atoms with E-state index in [1.54, 1.807) is 7.11 Å². The molecule has 6 heteroatoms. The van der Waals surface area contributed by atoms with Gasteiger partial charge in [-0.3, -0.25) is 4.79 Å². The van der Waals surface area contributed by atoms with Crippen LogP contribution in [-0.2, 0) is 9.53 Å². The second-order valence-corrected chi connectivity index (χ2v) is 5.82. The molecule has 1 aromatic rings. The summed E-state index contributed by atoms with van der Waals surface area (Å²) in [7, 11) is 1.66. The van der Waals surface area contributed by atoms with Crippen LogP contribution in [0.4, 0.5) is 11.4 Å². The first-order valence-electron chi connectivity index (χ1n) is 7.74. The van der Waals surface area contributed by atoms with Gasteiger partial charge in [0.2, 0.25) is 5.91 Å². The van der Waals surface area contributed by atoms with E-state index in [2.05, 4.69) is 4.90 Å². The van der Waals surface area contributed by atoms with Gasteiger partial charge in [0.1, 0.15) is 12.4 Å². The van der Waals surface area contributed by atoms with Gasteiger partial charge >= 0.3 is 0 Å². The third-order valence-corrected chi connectivity index (χ3v) is 4.30. The van der Waals surface area contributed by atoms with Gasteiger partial charge in [-0.05, 0) is 18.6 Å². The topological polar surface area (TPSA) is 68.0 Å². The van der Waals surface area contributed by atoms with Crippen molar-refractivity contribution in [3.05, 3.63) is 18.2 Å². The fourth-order valence-electron chi connectivity index (χ4n) is 3.14. The maximum absolute atomic E-state index is 12.2. The van der Waals surface area contributed by atoms with Crippen LogP contribution in [0.2, 0.25) is 0 Å². The lowest BCUT2D eigenvalue weighted by molar-refractivity contribution is -0.132. The molecule has 0 saturated carbocycles. The van der Waals surface area contributed by atoms with Crippen molar-refractivity contribution < 1.29 is 14.3 Å². The molecule has 2 N–H and O–H groups in total. The number of nitrogens with zero attached hydrogens (tertiary/aromatic N) is 2. The number of hydrogen-bond acceptors (Lipinski definition) is 5. The van der Waals surface area contributed by atoms with Crippen LogP contribution in [0.25, 0.3) is 0 Å². The highest BCUT2D eigenvalue weighted by atomic mass is 16.5. The number of benzene rings is 1. The Bertz CT molecular complexity index is 549. The van der Waals surface area contributed by atoms with Crippen LogP contribution < -0.4 is 15.4 Å². The number of hydrogen-bond donors (Lipinski definition) is 1. The molecule has 0 bridgehead atoms. The summed E-state index contributed by atoms with van der Waals surface area (Å²) in [5.74, 6) is 1.05. The first-order chi connectivity index (χ1) is 10.7. The standard InChI is InChI=1S/C16H23N3O3/c1-21-8-2-3-16(20)18-6-7-19-13(10-18)11-22-15-9-12(17)4-5-14(15)19/h4-5,9,13H,2-3,6-8,10-11,17H2,1H3/t13-/m1/s1. The molecule has 22 heavy (non-hydrogen) atoms. The van der Waals surface area contributed by atoms with Gasteiger partial charge in [0, 0.05) is 51.5 Å². The number of anilines is 2. The molecular formula is C16H23N3O3. The van der Waals surface area contributed by atoms with Crippen molar-refractivity contribution in [2.24, 2.45) is 0 Å². The van der Waals surface area contributed by atoms with Crippen LogP contribution in [0, 0.1) is 0 Å². The number of nitrogen functional groups attached to an aromatic ring is 1. The fraction of sp³-hybridized carbons (Fsp3) is 0.562. The van der Waals surface area contributed by atoms with Crippen molar-refractivity contribution in [1.29, 1.82) is 0 Å². The summed E-state index contributed by atoms with van der Waals surface area (Å²) in [5, 5.41) is 0. The Balaban J connectivity index is 1.64. The molecule has 0 aromatic heterocycles. The van der Waals surface area contributed by atoms with Crippen LogP contribution in [-0.4, -0.2) is 56.8 Å². The lowest BCUT2D eigenvalue weighted by atomic mass is 10.1. The maximum atomic E-state index is 12.2. The van der Waals surface area contributed by atoms with E-state index in [1.165, 1.54) is 0 Å². The SMILES string of the molecule is COCCCC(=O)N1CCN2c3ccc(N)cc3OC[C@H]2C1. The molecule has 2 aliphatic heterocycles. The zero-order chi connectivity index (χ0) is 15.5. The molecule has 2 heterocycles. The summed E-state index contributed by atoms with van der Waals surface area (Å²) in [6.45, 7) is 3.54. The van der Waals surface area contributed by atoms with Crippen LogP contribution in [0.5, 0.6) is 5.75 Å². The lowest BCUT2D eigenvalue weighted by Gasteiger charge is -2.45. The third kappa shape index (κ3) is 2.97. The van der Waals surface area contributed by atoms with Crippen LogP contribution in [0.3, 0.4) is 0 Å². The smallest absolute Gasteiger partial charge is 0.222 e. The third-order valence-electron chi connectivity index (χ3n) is 4.30. The second kappa shape index (κ2) is 6.44. The number of methoxy groups -OCH3 is 1. The molecule has 0 spiro atoms. The van der Waals surface area contributed by atoms with Gasteiger partial charge in [-0.1, -0.05) is 0 Å². The highest BCUT2D eigenvalue weighted by molar-refractivity contribution is 5.77. The predicted octanol–water partition coefficient (Wildman–Crippen LogP) is 1.10. The van der Waals surface area contributed by atoms with E-state index in [4.69, 9.17) is 15.2 Å². The Kier molecular flexibility index (Phi) is 4.38. The molecule has 1 amide bonds. The zero-order valence-corrected chi connectivity index (χ0v) is 13.0. The summed E-state index contributed by atoms with van der Waals surface area (Å²) in [6, 6.07) is 5.99. The minimum atomic E-state index is 0.208. The number of piperazine rings is 1. The van der Waals surface area contributed by atoms with Crippen molar-refractivity contribution in [3.8, 4) is 5.75 Å². The van der Waals surface area contributed by atoms with E-state index in [0.717, 1.165) is 37.5 Å². The average Bonchev–Trinajstić information content (AvgIpc) is 2.54. The van der Waals surface area contributed by atoms with Crippen LogP contribution in [0.15, 0.2) is 18.2 Å². The number of amides is 1. The van der Waals surface area contributed by atoms with Gasteiger partial charge in [0.25, 0.3) is 0 Å². The number of rotatable bonds is 4. The van der Waals surface area contributed by atoms with Crippen LogP contribution in [0.1, 0.15) is 12.8 Å². The Morgan fingerprint density at radius 1 is 1.45 bits per heavy atom. The normalized spacial score (nSPS) is 20.1. The Labute approximate surface area is 130 Å². The monoisotopic (exact) mass is 305 g/mol. The molecule has 0 unspecified atom stereocenters. The maximum Gasteiger partial charge on any atom is 0.222 e. The highest BCUT2D eigenvalue weighted by Gasteiger charge is 2.34. The molecule has 1 fully saturated rings. The summed E-state index contributed by atoms with van der Waals surface area (Å²) in [5.41, 5.74) is 7.60. The zero-order valence-electron chi connectivity index (χ0n) is 13.0. The summed E-state index contributed by atoms with van der Waals surface area (Å²) in [4.78, 5) is 16.5. The van der Waals surface area contributed by atoms with Crippen molar-refractivity contribution >= 4 is 17.3 Å².